The van der Waals surface area contributed by atoms with E-state index in [1.165, 1.54) is 69.3 Å². The average molecular weight is 630 g/mol. The lowest BCUT2D eigenvalue weighted by Crippen LogP contribution is -2.57. The molecular formula is C32H38F3N5O3S. The molecular weight excluding hydrogens is 591 g/mol. The number of nitrogens with two attached hydrogens (primary N) is 1. The lowest BCUT2D eigenvalue weighted by atomic mass is 9.85. The highest BCUT2D eigenvalue weighted by molar-refractivity contribution is 7.86. The predicted molar refractivity (Wildman–Crippen MR) is 164 cm³/mol. The summed E-state index contributed by atoms with van der Waals surface area (Å²) in [5.74, 6) is -2.40. The standard InChI is InChI=1S/C32H38F3N5O3S/c1-39(20-21-5-6-21)44(42,43)40-18-17-37-19-26(40)15-16-27-28(35)3-2-4-29(27)38-32(41)31(36)30(22-7-11-24(33)12-8-22)23-9-13-25(34)14-10-23/h2-4,7-14,21,26,30-31,37H,5-6,15-20,36H2,1H3,(H,38,41)/t26-,31-/m0/s1. The molecule has 0 aromatic heterocycles. The molecule has 2 atom stereocenters. The van der Waals surface area contributed by atoms with E-state index in [1.807, 2.05) is 0 Å². The van der Waals surface area contributed by atoms with Crippen LogP contribution in [0, 0.1) is 23.4 Å². The molecule has 2 fully saturated rings. The Morgan fingerprint density at radius 3 is 2.23 bits per heavy atom. The zero-order valence-corrected chi connectivity index (χ0v) is 25.4. The number of hydrogen-bond donors (Lipinski definition) is 3. The highest BCUT2D eigenvalue weighted by Crippen LogP contribution is 2.32. The molecule has 236 valence electrons. The minimum absolute atomic E-state index is 0.168. The number of nitrogens with one attached hydrogen (secondary N) is 2. The zero-order chi connectivity index (χ0) is 31.4. The highest BCUT2D eigenvalue weighted by atomic mass is 32.2. The second-order valence-electron chi connectivity index (χ2n) is 11.6. The van der Waals surface area contributed by atoms with Crippen molar-refractivity contribution in [1.82, 2.24) is 13.9 Å². The Kier molecular flexibility index (Phi) is 10.1. The first-order chi connectivity index (χ1) is 21.0. The van der Waals surface area contributed by atoms with Crippen LogP contribution in [0.4, 0.5) is 18.9 Å². The molecule has 1 aliphatic heterocycles. The molecule has 12 heteroatoms. The van der Waals surface area contributed by atoms with E-state index in [1.54, 1.807) is 13.1 Å². The number of piperazine rings is 1. The molecule has 4 N–H and O–H groups in total. The zero-order valence-electron chi connectivity index (χ0n) is 24.6. The van der Waals surface area contributed by atoms with Crippen molar-refractivity contribution in [2.75, 3.05) is 38.5 Å². The first-order valence-corrected chi connectivity index (χ1v) is 16.2. The van der Waals surface area contributed by atoms with E-state index in [9.17, 15) is 22.0 Å². The van der Waals surface area contributed by atoms with Gasteiger partial charge in [0.25, 0.3) is 10.2 Å². The van der Waals surface area contributed by atoms with E-state index in [2.05, 4.69) is 10.6 Å². The molecule has 2 aliphatic rings. The minimum atomic E-state index is -3.69. The molecule has 0 radical (unpaired) electrons. The van der Waals surface area contributed by atoms with E-state index in [-0.39, 0.29) is 17.7 Å². The van der Waals surface area contributed by atoms with Gasteiger partial charge in [0.1, 0.15) is 17.5 Å². The Hall–Kier alpha value is -3.29. The Morgan fingerprint density at radius 2 is 1.64 bits per heavy atom. The van der Waals surface area contributed by atoms with Gasteiger partial charge in [-0.15, -0.1) is 0 Å². The quantitative estimate of drug-likeness (QED) is 0.281. The summed E-state index contributed by atoms with van der Waals surface area (Å²) in [5.41, 5.74) is 8.06. The molecule has 1 heterocycles. The summed E-state index contributed by atoms with van der Waals surface area (Å²) in [4.78, 5) is 13.5. The van der Waals surface area contributed by atoms with Gasteiger partial charge in [0.05, 0.1) is 6.04 Å². The van der Waals surface area contributed by atoms with Crippen molar-refractivity contribution in [3.05, 3.63) is 101 Å². The third-order valence-electron chi connectivity index (χ3n) is 8.42. The number of benzene rings is 3. The number of anilines is 1. The van der Waals surface area contributed by atoms with Gasteiger partial charge < -0.3 is 16.4 Å². The number of carbonyl (C=O) groups is 1. The van der Waals surface area contributed by atoms with Crippen LogP contribution in [0.5, 0.6) is 0 Å². The van der Waals surface area contributed by atoms with Crippen LogP contribution in [0.25, 0.3) is 0 Å². The predicted octanol–water partition coefficient (Wildman–Crippen LogP) is 3.99. The minimum Gasteiger partial charge on any atom is -0.324 e. The first-order valence-electron chi connectivity index (χ1n) is 14.8. The average Bonchev–Trinajstić information content (AvgIpc) is 3.83. The van der Waals surface area contributed by atoms with Crippen molar-refractivity contribution in [1.29, 1.82) is 0 Å². The SMILES string of the molecule is CN(CC1CC1)S(=O)(=O)N1CCNC[C@@H]1CCc1c(F)cccc1NC(=O)[C@@H](N)C(c1ccc(F)cc1)c1ccc(F)cc1. The molecule has 0 unspecified atom stereocenters. The van der Waals surface area contributed by atoms with Crippen LogP contribution >= 0.6 is 0 Å². The summed E-state index contributed by atoms with van der Waals surface area (Å²) in [7, 11) is -2.09. The van der Waals surface area contributed by atoms with Gasteiger partial charge in [0, 0.05) is 56.4 Å². The maximum absolute atomic E-state index is 15.2. The molecule has 44 heavy (non-hydrogen) atoms. The second kappa shape index (κ2) is 13.8. The van der Waals surface area contributed by atoms with E-state index in [4.69, 9.17) is 5.73 Å². The number of halogens is 3. The summed E-state index contributed by atoms with van der Waals surface area (Å²) in [5, 5.41) is 6.00. The third-order valence-corrected chi connectivity index (χ3v) is 10.4. The maximum atomic E-state index is 15.2. The van der Waals surface area contributed by atoms with Gasteiger partial charge in [0.15, 0.2) is 0 Å². The molecule has 5 rings (SSSR count). The summed E-state index contributed by atoms with van der Waals surface area (Å²) < 4.78 is 72.3. The van der Waals surface area contributed by atoms with Crippen molar-refractivity contribution < 1.29 is 26.4 Å². The molecule has 0 spiro atoms. The van der Waals surface area contributed by atoms with E-state index in [0.29, 0.717) is 49.6 Å². The van der Waals surface area contributed by atoms with Crippen molar-refractivity contribution in [3.63, 3.8) is 0 Å². The number of carbonyl (C=O) groups excluding carboxylic acids is 1. The molecule has 1 aliphatic carbocycles. The van der Waals surface area contributed by atoms with Crippen LogP contribution in [0.1, 0.15) is 41.9 Å². The maximum Gasteiger partial charge on any atom is 0.282 e. The first kappa shape index (κ1) is 32.1. The van der Waals surface area contributed by atoms with Gasteiger partial charge in [0.2, 0.25) is 5.91 Å². The summed E-state index contributed by atoms with van der Waals surface area (Å²) in [6, 6.07) is 13.9. The van der Waals surface area contributed by atoms with Gasteiger partial charge in [-0.25, -0.2) is 13.2 Å². The van der Waals surface area contributed by atoms with Crippen LogP contribution in [-0.4, -0.2) is 68.2 Å². The molecule has 0 bridgehead atoms. The fourth-order valence-electron chi connectivity index (χ4n) is 5.78. The van der Waals surface area contributed by atoms with Crippen molar-refractivity contribution in [2.24, 2.45) is 11.7 Å². The van der Waals surface area contributed by atoms with Crippen molar-refractivity contribution >= 4 is 21.8 Å². The van der Waals surface area contributed by atoms with Crippen LogP contribution < -0.4 is 16.4 Å². The number of amides is 1. The highest BCUT2D eigenvalue weighted by Gasteiger charge is 2.37. The molecule has 3 aromatic rings. The van der Waals surface area contributed by atoms with Gasteiger partial charge in [-0.3, -0.25) is 4.79 Å². The monoisotopic (exact) mass is 629 g/mol. The Morgan fingerprint density at radius 1 is 1.02 bits per heavy atom. The normalized spacial score (nSPS) is 18.5. The third kappa shape index (κ3) is 7.49. The van der Waals surface area contributed by atoms with Crippen LogP contribution in [0.3, 0.4) is 0 Å². The number of rotatable bonds is 12. The number of hydrogen-bond acceptors (Lipinski definition) is 5. The molecule has 3 aromatic carbocycles. The topological polar surface area (TPSA) is 108 Å². The molecule has 1 amide bonds. The fourth-order valence-corrected chi connectivity index (χ4v) is 7.42. The van der Waals surface area contributed by atoms with Crippen LogP contribution in [-0.2, 0) is 21.4 Å². The van der Waals surface area contributed by atoms with Gasteiger partial charge in [-0.2, -0.15) is 17.0 Å². The largest absolute Gasteiger partial charge is 0.324 e. The molecule has 1 saturated heterocycles. The Bertz CT molecular complexity index is 1510. The van der Waals surface area contributed by atoms with Gasteiger partial charge in [-0.1, -0.05) is 30.3 Å². The van der Waals surface area contributed by atoms with E-state index in [0.717, 1.165) is 12.8 Å². The Balaban J connectivity index is 1.33. The number of nitrogens with zero attached hydrogens (tertiary/aromatic N) is 2. The lowest BCUT2D eigenvalue weighted by Gasteiger charge is -2.37. The lowest BCUT2D eigenvalue weighted by molar-refractivity contribution is -0.117. The summed E-state index contributed by atoms with van der Waals surface area (Å²) in [6.45, 7) is 1.75. The molecule has 1 saturated carbocycles. The van der Waals surface area contributed by atoms with E-state index < -0.39 is 51.6 Å². The van der Waals surface area contributed by atoms with Crippen LogP contribution in [0.2, 0.25) is 0 Å². The van der Waals surface area contributed by atoms with Crippen LogP contribution in [0.15, 0.2) is 66.7 Å². The molecule has 8 nitrogen and oxygen atoms in total. The Labute approximate surface area is 256 Å². The van der Waals surface area contributed by atoms with E-state index >= 15 is 4.39 Å². The van der Waals surface area contributed by atoms with Gasteiger partial charge >= 0.3 is 0 Å². The van der Waals surface area contributed by atoms with Gasteiger partial charge in [-0.05, 0) is 79.1 Å². The van der Waals surface area contributed by atoms with Crippen molar-refractivity contribution in [3.8, 4) is 0 Å². The fraction of sp³-hybridized carbons (Fsp3) is 0.406. The summed E-state index contributed by atoms with van der Waals surface area (Å²) >= 11 is 0. The smallest absolute Gasteiger partial charge is 0.282 e. The van der Waals surface area contributed by atoms with Crippen molar-refractivity contribution in [2.45, 2.75) is 43.7 Å². The summed E-state index contributed by atoms with van der Waals surface area (Å²) in [6.07, 6.45) is 2.56. The second-order valence-corrected chi connectivity index (χ2v) is 13.6.